The first-order chi connectivity index (χ1) is 14.0. The molecule has 1 heterocycles. The number of amides is 3. The minimum absolute atomic E-state index is 0.0349. The van der Waals surface area contributed by atoms with Gasteiger partial charge in [-0.1, -0.05) is 29.8 Å². The Balaban J connectivity index is 1.64. The van der Waals surface area contributed by atoms with Gasteiger partial charge in [0, 0.05) is 37.7 Å². The van der Waals surface area contributed by atoms with E-state index >= 15 is 0 Å². The summed E-state index contributed by atoms with van der Waals surface area (Å²) in [6.45, 7) is 4.17. The summed E-state index contributed by atoms with van der Waals surface area (Å²) < 4.78 is 13.3. The van der Waals surface area contributed by atoms with Gasteiger partial charge in [0.05, 0.1) is 5.02 Å². The summed E-state index contributed by atoms with van der Waals surface area (Å²) in [5, 5.41) is 5.72. The number of urea groups is 1. The average molecular weight is 418 g/mol. The van der Waals surface area contributed by atoms with Crippen molar-refractivity contribution in [2.24, 2.45) is 0 Å². The van der Waals surface area contributed by atoms with Crippen LogP contribution in [0.5, 0.6) is 0 Å². The molecule has 2 aromatic rings. The van der Waals surface area contributed by atoms with E-state index in [9.17, 15) is 14.0 Å². The summed E-state index contributed by atoms with van der Waals surface area (Å²) in [5.74, 6) is -0.484. The van der Waals surface area contributed by atoms with Crippen LogP contribution in [-0.2, 0) is 6.54 Å². The molecule has 0 saturated carbocycles. The highest BCUT2D eigenvalue weighted by Crippen LogP contribution is 2.27. The van der Waals surface area contributed by atoms with E-state index < -0.39 is 5.82 Å². The summed E-state index contributed by atoms with van der Waals surface area (Å²) >= 11 is 5.79. The molecular weight excluding hydrogens is 393 g/mol. The van der Waals surface area contributed by atoms with Crippen molar-refractivity contribution in [1.29, 1.82) is 0 Å². The first-order valence-electron chi connectivity index (χ1n) is 9.82. The zero-order valence-electron chi connectivity index (χ0n) is 16.4. The second kappa shape index (κ2) is 9.74. The Bertz CT molecular complexity index is 890. The molecule has 7 heteroatoms. The van der Waals surface area contributed by atoms with Crippen molar-refractivity contribution in [2.75, 3.05) is 19.6 Å². The molecular formula is C22H25ClFN3O2. The third-order valence-corrected chi connectivity index (χ3v) is 5.38. The highest BCUT2D eigenvalue weighted by Gasteiger charge is 2.24. The summed E-state index contributed by atoms with van der Waals surface area (Å²) in [6.07, 6.45) is 1.92. The van der Waals surface area contributed by atoms with Crippen LogP contribution in [0.25, 0.3) is 0 Å². The SMILES string of the molecule is CCNC(=O)N1CCCC(c2cccc(C(=O)NCc3ccc(F)c(Cl)c3)c2)C1. The zero-order chi connectivity index (χ0) is 20.8. The van der Waals surface area contributed by atoms with E-state index in [-0.39, 0.29) is 29.4 Å². The minimum Gasteiger partial charge on any atom is -0.348 e. The summed E-state index contributed by atoms with van der Waals surface area (Å²) in [4.78, 5) is 26.5. The van der Waals surface area contributed by atoms with Crippen LogP contribution in [0.2, 0.25) is 5.02 Å². The number of carbonyl (C=O) groups is 2. The third kappa shape index (κ3) is 5.48. The Morgan fingerprint density at radius 2 is 2.03 bits per heavy atom. The van der Waals surface area contributed by atoms with E-state index in [0.29, 0.717) is 18.7 Å². The number of carbonyl (C=O) groups excluding carboxylic acids is 2. The lowest BCUT2D eigenvalue weighted by molar-refractivity contribution is 0.0950. The molecule has 2 N–H and O–H groups in total. The molecule has 0 aromatic heterocycles. The van der Waals surface area contributed by atoms with E-state index in [0.717, 1.165) is 30.5 Å². The van der Waals surface area contributed by atoms with Gasteiger partial charge in [-0.05, 0) is 55.2 Å². The Hall–Kier alpha value is -2.60. The van der Waals surface area contributed by atoms with E-state index in [1.165, 1.54) is 12.1 Å². The minimum atomic E-state index is -0.483. The van der Waals surface area contributed by atoms with Crippen molar-refractivity contribution in [3.8, 4) is 0 Å². The molecule has 3 amide bonds. The van der Waals surface area contributed by atoms with Crippen molar-refractivity contribution < 1.29 is 14.0 Å². The number of nitrogens with zero attached hydrogens (tertiary/aromatic N) is 1. The van der Waals surface area contributed by atoms with Crippen LogP contribution in [0.15, 0.2) is 42.5 Å². The maximum atomic E-state index is 13.3. The first kappa shape index (κ1) is 21.1. The van der Waals surface area contributed by atoms with Crippen LogP contribution in [0, 0.1) is 5.82 Å². The summed E-state index contributed by atoms with van der Waals surface area (Å²) in [6, 6.07) is 11.9. The first-order valence-corrected chi connectivity index (χ1v) is 10.2. The molecule has 1 aliphatic rings. The van der Waals surface area contributed by atoms with Crippen LogP contribution in [0.3, 0.4) is 0 Å². The smallest absolute Gasteiger partial charge is 0.317 e. The van der Waals surface area contributed by atoms with E-state index in [1.54, 1.807) is 12.1 Å². The molecule has 0 radical (unpaired) electrons. The number of hydrogen-bond acceptors (Lipinski definition) is 2. The molecule has 1 unspecified atom stereocenters. The number of halogens is 2. The number of piperidine rings is 1. The van der Waals surface area contributed by atoms with Gasteiger partial charge in [-0.2, -0.15) is 0 Å². The largest absolute Gasteiger partial charge is 0.348 e. The molecule has 29 heavy (non-hydrogen) atoms. The highest BCUT2D eigenvalue weighted by molar-refractivity contribution is 6.30. The van der Waals surface area contributed by atoms with Crippen molar-refractivity contribution in [3.63, 3.8) is 0 Å². The molecule has 2 aromatic carbocycles. The Morgan fingerprint density at radius 3 is 2.79 bits per heavy atom. The molecule has 3 rings (SSSR count). The topological polar surface area (TPSA) is 61.4 Å². The lowest BCUT2D eigenvalue weighted by atomic mass is 9.89. The normalized spacial score (nSPS) is 16.4. The number of rotatable bonds is 5. The molecule has 0 spiro atoms. The quantitative estimate of drug-likeness (QED) is 0.761. The van der Waals surface area contributed by atoms with E-state index in [1.807, 2.05) is 30.0 Å². The van der Waals surface area contributed by atoms with Crippen molar-refractivity contribution in [2.45, 2.75) is 32.2 Å². The van der Waals surface area contributed by atoms with Gasteiger partial charge in [-0.3, -0.25) is 4.79 Å². The molecule has 154 valence electrons. The predicted octanol–water partition coefficient (Wildman–Crippen LogP) is 4.32. The van der Waals surface area contributed by atoms with Crippen molar-refractivity contribution >= 4 is 23.5 Å². The zero-order valence-corrected chi connectivity index (χ0v) is 17.1. The molecule has 0 aliphatic carbocycles. The van der Waals surface area contributed by atoms with Crippen LogP contribution < -0.4 is 10.6 Å². The Labute approximate surface area is 175 Å². The molecule has 5 nitrogen and oxygen atoms in total. The van der Waals surface area contributed by atoms with Crippen LogP contribution >= 0.6 is 11.6 Å². The van der Waals surface area contributed by atoms with Gasteiger partial charge in [0.1, 0.15) is 5.82 Å². The van der Waals surface area contributed by atoms with E-state index in [4.69, 9.17) is 11.6 Å². The second-order valence-electron chi connectivity index (χ2n) is 7.18. The van der Waals surface area contributed by atoms with Gasteiger partial charge >= 0.3 is 6.03 Å². The van der Waals surface area contributed by atoms with Crippen LogP contribution in [0.4, 0.5) is 9.18 Å². The van der Waals surface area contributed by atoms with Crippen molar-refractivity contribution in [1.82, 2.24) is 15.5 Å². The molecule has 1 fully saturated rings. The lowest BCUT2D eigenvalue weighted by Gasteiger charge is -2.33. The van der Waals surface area contributed by atoms with Gasteiger partial charge in [-0.25, -0.2) is 9.18 Å². The average Bonchev–Trinajstić information content (AvgIpc) is 2.74. The van der Waals surface area contributed by atoms with Gasteiger partial charge < -0.3 is 15.5 Å². The van der Waals surface area contributed by atoms with Crippen molar-refractivity contribution in [3.05, 3.63) is 70.0 Å². The fraction of sp³-hybridized carbons (Fsp3) is 0.364. The maximum absolute atomic E-state index is 13.3. The van der Waals surface area contributed by atoms with Gasteiger partial charge in [-0.15, -0.1) is 0 Å². The second-order valence-corrected chi connectivity index (χ2v) is 7.58. The van der Waals surface area contributed by atoms with Crippen LogP contribution in [-0.4, -0.2) is 36.5 Å². The molecule has 0 bridgehead atoms. The van der Waals surface area contributed by atoms with Gasteiger partial charge in [0.2, 0.25) is 0 Å². The van der Waals surface area contributed by atoms with Crippen LogP contribution in [0.1, 0.15) is 47.2 Å². The standard InChI is InChI=1S/C22H25ClFN3O2/c1-2-25-22(29)27-10-4-7-18(14-27)16-5-3-6-17(12-16)21(28)26-13-15-8-9-20(24)19(23)11-15/h3,5-6,8-9,11-12,18H,2,4,7,10,13-14H2,1H3,(H,25,29)(H,26,28). The third-order valence-electron chi connectivity index (χ3n) is 5.09. The monoisotopic (exact) mass is 417 g/mol. The number of nitrogens with one attached hydrogen (secondary N) is 2. The Morgan fingerprint density at radius 1 is 1.21 bits per heavy atom. The fourth-order valence-corrected chi connectivity index (χ4v) is 3.77. The number of hydrogen-bond donors (Lipinski definition) is 2. The van der Waals surface area contributed by atoms with Gasteiger partial charge in [0.25, 0.3) is 5.91 Å². The number of benzene rings is 2. The molecule has 1 saturated heterocycles. The van der Waals surface area contributed by atoms with E-state index in [2.05, 4.69) is 10.6 Å². The van der Waals surface area contributed by atoms with Gasteiger partial charge in [0.15, 0.2) is 0 Å². The Kier molecular flexibility index (Phi) is 7.09. The summed E-state index contributed by atoms with van der Waals surface area (Å²) in [5.41, 5.74) is 2.34. The molecule has 1 atom stereocenters. The fourth-order valence-electron chi connectivity index (χ4n) is 3.56. The maximum Gasteiger partial charge on any atom is 0.317 e. The molecule has 1 aliphatic heterocycles. The predicted molar refractivity (Wildman–Crippen MR) is 112 cm³/mol. The summed E-state index contributed by atoms with van der Waals surface area (Å²) in [7, 11) is 0. The lowest BCUT2D eigenvalue weighted by Crippen LogP contribution is -2.44. The highest BCUT2D eigenvalue weighted by atomic mass is 35.5. The number of likely N-dealkylation sites (tertiary alicyclic amines) is 1.